The zero-order valence-electron chi connectivity index (χ0n) is 9.98. The van der Waals surface area contributed by atoms with Gasteiger partial charge in [0.15, 0.2) is 0 Å². The lowest BCUT2D eigenvalue weighted by Gasteiger charge is -2.44. The lowest BCUT2D eigenvalue weighted by molar-refractivity contribution is -0.892. The molecule has 2 aliphatic heterocycles. The Morgan fingerprint density at radius 2 is 2.35 bits per heavy atom. The van der Waals surface area contributed by atoms with E-state index in [1.807, 2.05) is 6.08 Å². The molecular formula is C12H17NO4. The second-order valence-corrected chi connectivity index (χ2v) is 4.24. The maximum atomic E-state index is 11.9. The van der Waals surface area contributed by atoms with Gasteiger partial charge in [-0.15, -0.1) is 0 Å². The smallest absolute Gasteiger partial charge is 0.394 e. The van der Waals surface area contributed by atoms with E-state index >= 15 is 0 Å². The average molecular weight is 239 g/mol. The van der Waals surface area contributed by atoms with Gasteiger partial charge in [0.2, 0.25) is 5.70 Å². The number of hydrogen-bond donors (Lipinski definition) is 0. The molecule has 0 saturated heterocycles. The Hall–Kier alpha value is -1.49. The predicted octanol–water partition coefficient (Wildman–Crippen LogP) is -0.114. The molecule has 0 aromatic heterocycles. The van der Waals surface area contributed by atoms with Crippen molar-refractivity contribution in [3.8, 4) is 0 Å². The second-order valence-electron chi connectivity index (χ2n) is 4.24. The third-order valence-electron chi connectivity index (χ3n) is 3.23. The van der Waals surface area contributed by atoms with E-state index in [0.29, 0.717) is 24.2 Å². The molecule has 0 N–H and O–H groups in total. The van der Waals surface area contributed by atoms with Gasteiger partial charge in [0.05, 0.1) is 19.7 Å². The highest BCUT2D eigenvalue weighted by molar-refractivity contribution is 5.86. The fraction of sp³-hybridized carbons (Fsp3) is 0.583. The lowest BCUT2D eigenvalue weighted by Crippen LogP contribution is -2.57. The minimum Gasteiger partial charge on any atom is -0.603 e. The molecule has 5 heteroatoms. The summed E-state index contributed by atoms with van der Waals surface area (Å²) in [4.78, 5) is 11.9. The Labute approximate surface area is 101 Å². The standard InChI is InChI=1S/C12H17NO4/c1-2-16-11(14)10-12(15)17-9-8-13(10)6-4-3-5-7-13/h3-4H,2,5-9H2,1H3. The van der Waals surface area contributed by atoms with Crippen LogP contribution in [0.1, 0.15) is 13.3 Å². The maximum absolute atomic E-state index is 11.9. The van der Waals surface area contributed by atoms with E-state index in [1.165, 1.54) is 0 Å². The Morgan fingerprint density at radius 1 is 1.53 bits per heavy atom. The molecule has 0 bridgehead atoms. The van der Waals surface area contributed by atoms with E-state index in [2.05, 4.69) is 6.08 Å². The molecule has 0 fully saturated rings. The first-order valence-corrected chi connectivity index (χ1v) is 5.92. The number of ether oxygens (including phenoxy) is 2. The molecule has 5 nitrogen and oxygen atoms in total. The molecule has 0 radical (unpaired) electrons. The van der Waals surface area contributed by atoms with Gasteiger partial charge in [-0.05, 0) is 13.0 Å². The molecule has 1 atom stereocenters. The van der Waals surface area contributed by atoms with E-state index in [9.17, 15) is 9.90 Å². The van der Waals surface area contributed by atoms with Crippen molar-refractivity contribution in [1.29, 1.82) is 0 Å². The normalized spacial score (nSPS) is 28.1. The molecular weight excluding hydrogens is 222 g/mol. The molecule has 2 rings (SSSR count). The molecule has 0 aromatic rings. The van der Waals surface area contributed by atoms with E-state index in [0.717, 1.165) is 13.0 Å². The number of esters is 1. The van der Waals surface area contributed by atoms with Crippen LogP contribution >= 0.6 is 0 Å². The fourth-order valence-corrected chi connectivity index (χ4v) is 2.38. The minimum absolute atomic E-state index is 0.155. The van der Waals surface area contributed by atoms with Crippen molar-refractivity contribution in [3.63, 3.8) is 0 Å². The number of carbonyl (C=O) groups excluding carboxylic acids is 1. The molecule has 2 aliphatic rings. The van der Waals surface area contributed by atoms with E-state index < -0.39 is 11.9 Å². The van der Waals surface area contributed by atoms with Crippen molar-refractivity contribution in [1.82, 2.24) is 0 Å². The third-order valence-corrected chi connectivity index (χ3v) is 3.23. The molecule has 2 heterocycles. The summed E-state index contributed by atoms with van der Waals surface area (Å²) in [5, 5.41) is 11.8. The molecule has 1 unspecified atom stereocenters. The summed E-state index contributed by atoms with van der Waals surface area (Å²) in [5.41, 5.74) is 0.155. The molecule has 94 valence electrons. The van der Waals surface area contributed by atoms with Crippen molar-refractivity contribution >= 4 is 5.97 Å². The zero-order chi connectivity index (χ0) is 12.3. The van der Waals surface area contributed by atoms with Crippen LogP contribution in [0.5, 0.6) is 0 Å². The number of carbonyl (C=O) groups is 1. The molecule has 0 aromatic carbocycles. The van der Waals surface area contributed by atoms with Crippen LogP contribution in [0.15, 0.2) is 23.8 Å². The summed E-state index contributed by atoms with van der Waals surface area (Å²) in [5.74, 6) is -1.06. The van der Waals surface area contributed by atoms with E-state index in [1.54, 1.807) is 6.92 Å². The summed E-state index contributed by atoms with van der Waals surface area (Å²) in [6.45, 7) is 4.46. The highest BCUT2D eigenvalue weighted by Gasteiger charge is 2.41. The average Bonchev–Trinajstić information content (AvgIpc) is 2.30. The van der Waals surface area contributed by atoms with Crippen LogP contribution in [0.25, 0.3) is 0 Å². The lowest BCUT2D eigenvalue weighted by atomic mass is 10.1. The van der Waals surface area contributed by atoms with Crippen LogP contribution in [-0.4, -0.2) is 43.3 Å². The quantitative estimate of drug-likeness (QED) is 0.383. The number of hydrogen-bond acceptors (Lipinski definition) is 4. The van der Waals surface area contributed by atoms with Gasteiger partial charge in [0.1, 0.15) is 12.5 Å². The SMILES string of the molecule is CCOC(=O)C1=C([O-])OCC[N+]12CC=CCC2. The minimum atomic E-state index is -0.535. The van der Waals surface area contributed by atoms with E-state index in [-0.39, 0.29) is 12.3 Å². The van der Waals surface area contributed by atoms with Gasteiger partial charge in [-0.2, -0.15) is 0 Å². The van der Waals surface area contributed by atoms with Crippen molar-refractivity contribution in [2.45, 2.75) is 13.3 Å². The van der Waals surface area contributed by atoms with Crippen LogP contribution in [-0.2, 0) is 14.3 Å². The zero-order valence-corrected chi connectivity index (χ0v) is 9.98. The van der Waals surface area contributed by atoms with Gasteiger partial charge in [-0.25, -0.2) is 4.79 Å². The fourth-order valence-electron chi connectivity index (χ4n) is 2.38. The number of rotatable bonds is 2. The largest absolute Gasteiger partial charge is 0.603 e. The third kappa shape index (κ3) is 2.15. The first-order valence-electron chi connectivity index (χ1n) is 5.92. The van der Waals surface area contributed by atoms with Gasteiger partial charge >= 0.3 is 5.97 Å². The van der Waals surface area contributed by atoms with Gasteiger partial charge in [-0.1, -0.05) is 6.08 Å². The topological polar surface area (TPSA) is 58.6 Å². The summed E-state index contributed by atoms with van der Waals surface area (Å²) in [6.07, 6.45) is 4.96. The number of nitrogens with zero attached hydrogens (tertiary/aromatic N) is 1. The first-order chi connectivity index (χ1) is 8.19. The van der Waals surface area contributed by atoms with Crippen molar-refractivity contribution < 1.29 is 23.9 Å². The first kappa shape index (κ1) is 12.0. The van der Waals surface area contributed by atoms with Crippen molar-refractivity contribution in [2.75, 3.05) is 32.8 Å². The number of quaternary nitrogens is 1. The molecule has 17 heavy (non-hydrogen) atoms. The molecule has 0 saturated carbocycles. The summed E-state index contributed by atoms with van der Waals surface area (Å²) >= 11 is 0. The highest BCUT2D eigenvalue weighted by Crippen LogP contribution is 2.28. The summed E-state index contributed by atoms with van der Waals surface area (Å²) < 4.78 is 10.3. The predicted molar refractivity (Wildman–Crippen MR) is 58.2 cm³/mol. The van der Waals surface area contributed by atoms with Gasteiger partial charge in [0.25, 0.3) is 0 Å². The highest BCUT2D eigenvalue weighted by atomic mass is 16.6. The van der Waals surface area contributed by atoms with Crippen LogP contribution < -0.4 is 5.11 Å². The van der Waals surface area contributed by atoms with Crippen LogP contribution in [0, 0.1) is 0 Å². The summed E-state index contributed by atoms with van der Waals surface area (Å²) in [6, 6.07) is 0. The molecule has 1 spiro atoms. The Morgan fingerprint density at radius 3 is 3.00 bits per heavy atom. The van der Waals surface area contributed by atoms with Crippen molar-refractivity contribution in [3.05, 3.63) is 23.8 Å². The van der Waals surface area contributed by atoms with Gasteiger partial charge in [0, 0.05) is 13.0 Å². The Kier molecular flexibility index (Phi) is 3.38. The second kappa shape index (κ2) is 4.79. The van der Waals surface area contributed by atoms with E-state index in [4.69, 9.17) is 9.47 Å². The Bertz CT molecular complexity index is 375. The monoisotopic (exact) mass is 239 g/mol. The van der Waals surface area contributed by atoms with Gasteiger partial charge < -0.3 is 14.6 Å². The maximum Gasteiger partial charge on any atom is 0.394 e. The summed E-state index contributed by atoms with van der Waals surface area (Å²) in [7, 11) is 0. The molecule has 0 amide bonds. The van der Waals surface area contributed by atoms with Crippen molar-refractivity contribution in [2.24, 2.45) is 0 Å². The molecule has 0 aliphatic carbocycles. The van der Waals surface area contributed by atoms with Crippen LogP contribution in [0.2, 0.25) is 0 Å². The van der Waals surface area contributed by atoms with Gasteiger partial charge in [-0.3, -0.25) is 4.48 Å². The van der Waals surface area contributed by atoms with Crippen LogP contribution in [0.3, 0.4) is 0 Å². The van der Waals surface area contributed by atoms with Crippen LogP contribution in [0.4, 0.5) is 0 Å². The Balaban J connectivity index is 2.33.